The van der Waals surface area contributed by atoms with Crippen molar-refractivity contribution < 1.29 is 4.42 Å². The summed E-state index contributed by atoms with van der Waals surface area (Å²) in [5, 5.41) is 4.40. The van der Waals surface area contributed by atoms with E-state index in [0.29, 0.717) is 21.9 Å². The normalized spacial score (nSPS) is 10.7. The largest absolute Gasteiger partial charge is 0.448 e. The molecule has 0 amide bonds. The van der Waals surface area contributed by atoms with Crippen molar-refractivity contribution >= 4 is 21.7 Å². The first kappa shape index (κ1) is 11.0. The molecule has 3 rings (SSSR count). The minimum atomic E-state index is 0.533. The smallest absolute Gasteiger partial charge is 0.169 e. The molecular formula is C12H9BrN4O. The van der Waals surface area contributed by atoms with E-state index < -0.39 is 0 Å². The monoisotopic (exact) mass is 304 g/mol. The quantitative estimate of drug-likeness (QED) is 0.790. The maximum atomic E-state index is 5.94. The summed E-state index contributed by atoms with van der Waals surface area (Å²) in [5.74, 6) is 1.20. The Morgan fingerprint density at radius 1 is 1.28 bits per heavy atom. The van der Waals surface area contributed by atoms with Crippen molar-refractivity contribution in [1.82, 2.24) is 14.8 Å². The van der Waals surface area contributed by atoms with Crippen LogP contribution in [0.5, 0.6) is 0 Å². The van der Waals surface area contributed by atoms with Crippen molar-refractivity contribution in [3.63, 3.8) is 0 Å². The molecule has 90 valence electrons. The number of nitrogens with two attached hydrogens (primary N) is 1. The molecular weight excluding hydrogens is 296 g/mol. The lowest BCUT2D eigenvalue weighted by Gasteiger charge is -2.01. The molecule has 0 spiro atoms. The maximum absolute atomic E-state index is 5.94. The molecule has 0 radical (unpaired) electrons. The van der Waals surface area contributed by atoms with Gasteiger partial charge in [-0.1, -0.05) is 0 Å². The number of pyridine rings is 1. The first-order valence-corrected chi connectivity index (χ1v) is 6.05. The number of hydrogen-bond donors (Lipinski definition) is 1. The number of rotatable bonds is 2. The van der Waals surface area contributed by atoms with Gasteiger partial charge in [-0.2, -0.15) is 5.10 Å². The van der Waals surface area contributed by atoms with Crippen LogP contribution in [0.3, 0.4) is 0 Å². The molecule has 3 heterocycles. The van der Waals surface area contributed by atoms with E-state index in [9.17, 15) is 0 Å². The molecule has 0 aliphatic carbocycles. The summed E-state index contributed by atoms with van der Waals surface area (Å²) in [6.07, 6.45) is 3.40. The van der Waals surface area contributed by atoms with Gasteiger partial charge < -0.3 is 10.2 Å². The molecule has 6 heteroatoms. The Kier molecular flexibility index (Phi) is 2.64. The second kappa shape index (κ2) is 4.30. The first-order valence-electron chi connectivity index (χ1n) is 5.26. The average Bonchev–Trinajstić information content (AvgIpc) is 2.97. The van der Waals surface area contributed by atoms with Gasteiger partial charge in [0.05, 0.1) is 11.9 Å². The first-order chi connectivity index (χ1) is 8.74. The Balaban J connectivity index is 2.06. The Hall–Kier alpha value is -2.08. The maximum Gasteiger partial charge on any atom is 0.169 e. The van der Waals surface area contributed by atoms with Crippen LogP contribution < -0.4 is 5.73 Å². The Labute approximate surface area is 111 Å². The second-order valence-electron chi connectivity index (χ2n) is 3.68. The van der Waals surface area contributed by atoms with Crippen LogP contribution in [0.1, 0.15) is 0 Å². The number of anilines is 1. The fraction of sp³-hybridized carbons (Fsp3) is 0. The molecule has 0 atom stereocenters. The third-order valence-electron chi connectivity index (χ3n) is 2.45. The predicted molar refractivity (Wildman–Crippen MR) is 71.2 cm³/mol. The van der Waals surface area contributed by atoms with E-state index in [1.165, 1.54) is 0 Å². The molecule has 18 heavy (non-hydrogen) atoms. The summed E-state index contributed by atoms with van der Waals surface area (Å²) >= 11 is 3.26. The van der Waals surface area contributed by atoms with Gasteiger partial charge in [-0.3, -0.25) is 4.98 Å². The lowest BCUT2D eigenvalue weighted by Crippen LogP contribution is -2.01. The van der Waals surface area contributed by atoms with Crippen molar-refractivity contribution in [1.29, 1.82) is 0 Å². The summed E-state index contributed by atoms with van der Waals surface area (Å²) in [4.78, 5) is 4.04. The van der Waals surface area contributed by atoms with E-state index in [2.05, 4.69) is 26.0 Å². The summed E-state index contributed by atoms with van der Waals surface area (Å²) in [6, 6.07) is 9.13. The average molecular weight is 305 g/mol. The molecule has 0 aliphatic rings. The standard InChI is InChI=1S/C12H9BrN4O/c13-11-4-3-10(18-11)9-6-12(14)17(16-9)8-2-1-5-15-7-8/h1-7H,14H2. The van der Waals surface area contributed by atoms with Crippen molar-refractivity contribution in [3.05, 3.63) is 47.4 Å². The van der Waals surface area contributed by atoms with Crippen LogP contribution in [0.25, 0.3) is 17.1 Å². The molecule has 0 fully saturated rings. The predicted octanol–water partition coefficient (Wildman–Crippen LogP) is 2.87. The van der Waals surface area contributed by atoms with Crippen molar-refractivity contribution in [2.45, 2.75) is 0 Å². The minimum absolute atomic E-state index is 0.533. The zero-order valence-corrected chi connectivity index (χ0v) is 10.8. The van der Waals surface area contributed by atoms with Gasteiger partial charge in [-0.15, -0.1) is 0 Å². The fourth-order valence-corrected chi connectivity index (χ4v) is 1.96. The number of nitrogen functional groups attached to an aromatic ring is 1. The van der Waals surface area contributed by atoms with Gasteiger partial charge in [0, 0.05) is 12.3 Å². The molecule has 5 nitrogen and oxygen atoms in total. The van der Waals surface area contributed by atoms with Gasteiger partial charge in [0.15, 0.2) is 10.4 Å². The van der Waals surface area contributed by atoms with Crippen molar-refractivity contribution in [3.8, 4) is 17.1 Å². The molecule has 0 saturated heterocycles. The van der Waals surface area contributed by atoms with Gasteiger partial charge in [0.2, 0.25) is 0 Å². The van der Waals surface area contributed by atoms with E-state index in [4.69, 9.17) is 10.2 Å². The van der Waals surface area contributed by atoms with E-state index in [1.54, 1.807) is 23.1 Å². The van der Waals surface area contributed by atoms with Crippen LogP contribution >= 0.6 is 15.9 Å². The van der Waals surface area contributed by atoms with E-state index in [-0.39, 0.29) is 0 Å². The topological polar surface area (TPSA) is 69.9 Å². The van der Waals surface area contributed by atoms with E-state index >= 15 is 0 Å². The SMILES string of the molecule is Nc1cc(-c2ccc(Br)o2)nn1-c1cccnc1. The number of halogens is 1. The van der Waals surface area contributed by atoms with Gasteiger partial charge in [0.25, 0.3) is 0 Å². The number of aromatic nitrogens is 3. The van der Waals surface area contributed by atoms with E-state index in [1.807, 2.05) is 24.3 Å². The van der Waals surface area contributed by atoms with Gasteiger partial charge >= 0.3 is 0 Å². The van der Waals surface area contributed by atoms with Crippen LogP contribution in [0.15, 0.2) is 51.8 Å². The number of hydrogen-bond acceptors (Lipinski definition) is 4. The summed E-state index contributed by atoms with van der Waals surface area (Å²) < 4.78 is 7.73. The summed E-state index contributed by atoms with van der Waals surface area (Å²) in [5.41, 5.74) is 7.43. The Bertz CT molecular complexity index is 674. The Morgan fingerprint density at radius 2 is 2.17 bits per heavy atom. The van der Waals surface area contributed by atoms with Crippen LogP contribution in [0.2, 0.25) is 0 Å². The minimum Gasteiger partial charge on any atom is -0.448 e. The van der Waals surface area contributed by atoms with Crippen LogP contribution in [-0.2, 0) is 0 Å². The molecule has 0 unspecified atom stereocenters. The number of nitrogens with zero attached hydrogens (tertiary/aromatic N) is 3. The summed E-state index contributed by atoms with van der Waals surface area (Å²) in [6.45, 7) is 0. The molecule has 3 aromatic rings. The van der Waals surface area contributed by atoms with Crippen LogP contribution in [0.4, 0.5) is 5.82 Å². The van der Waals surface area contributed by atoms with E-state index in [0.717, 1.165) is 5.69 Å². The van der Waals surface area contributed by atoms with Crippen molar-refractivity contribution in [2.24, 2.45) is 0 Å². The molecule has 3 aromatic heterocycles. The van der Waals surface area contributed by atoms with Gasteiger partial charge in [-0.05, 0) is 40.2 Å². The molecule has 0 aliphatic heterocycles. The lowest BCUT2D eigenvalue weighted by atomic mass is 10.3. The highest BCUT2D eigenvalue weighted by Crippen LogP contribution is 2.26. The number of furan rings is 1. The highest BCUT2D eigenvalue weighted by atomic mass is 79.9. The summed E-state index contributed by atoms with van der Waals surface area (Å²) in [7, 11) is 0. The molecule has 2 N–H and O–H groups in total. The highest BCUT2D eigenvalue weighted by molar-refractivity contribution is 9.10. The van der Waals surface area contributed by atoms with Gasteiger partial charge in [-0.25, -0.2) is 4.68 Å². The Morgan fingerprint density at radius 3 is 2.83 bits per heavy atom. The highest BCUT2D eigenvalue weighted by Gasteiger charge is 2.11. The lowest BCUT2D eigenvalue weighted by molar-refractivity contribution is 0.553. The fourth-order valence-electron chi connectivity index (χ4n) is 1.65. The third-order valence-corrected chi connectivity index (χ3v) is 2.88. The molecule has 0 saturated carbocycles. The van der Waals surface area contributed by atoms with Crippen LogP contribution in [-0.4, -0.2) is 14.8 Å². The second-order valence-corrected chi connectivity index (χ2v) is 4.46. The van der Waals surface area contributed by atoms with Gasteiger partial charge in [0.1, 0.15) is 11.5 Å². The zero-order chi connectivity index (χ0) is 12.5. The molecule has 0 aromatic carbocycles. The third kappa shape index (κ3) is 1.91. The molecule has 0 bridgehead atoms. The van der Waals surface area contributed by atoms with Crippen LogP contribution in [0, 0.1) is 0 Å². The van der Waals surface area contributed by atoms with Crippen molar-refractivity contribution in [2.75, 3.05) is 5.73 Å². The zero-order valence-electron chi connectivity index (χ0n) is 9.25.